The molecular formula is C85H70N2. The van der Waals surface area contributed by atoms with Crippen LogP contribution in [0.25, 0.3) is 94.3 Å². The average Bonchev–Trinajstić information content (AvgIpc) is 1.55. The van der Waals surface area contributed by atoms with Gasteiger partial charge in [-0.1, -0.05) is 258 Å². The Hall–Kier alpha value is -9.76. The molecule has 2 heteroatoms. The summed E-state index contributed by atoms with van der Waals surface area (Å²) in [6.07, 6.45) is 13.0. The lowest BCUT2D eigenvalue weighted by Crippen LogP contribution is -2.26. The highest BCUT2D eigenvalue weighted by molar-refractivity contribution is 6.10. The van der Waals surface area contributed by atoms with Crippen LogP contribution in [0.1, 0.15) is 104 Å². The minimum atomic E-state index is -0.464. The number of aryl methyl sites for hydroxylation is 1. The number of unbranched alkanes of at least 4 members (excludes halogenated alkanes) is 3. The third-order valence-corrected chi connectivity index (χ3v) is 19.7. The molecule has 0 atom stereocenters. The molecule has 13 aromatic rings. The Kier molecular flexibility index (Phi) is 13.5. The van der Waals surface area contributed by atoms with Gasteiger partial charge >= 0.3 is 0 Å². The molecule has 0 bridgehead atoms. The number of nitrogens with zero attached hydrogens (tertiary/aromatic N) is 2. The molecule has 0 radical (unpaired) electrons. The van der Waals surface area contributed by atoms with Crippen molar-refractivity contribution in [3.63, 3.8) is 0 Å². The van der Waals surface area contributed by atoms with Gasteiger partial charge in [0.2, 0.25) is 0 Å². The first-order valence-electron chi connectivity index (χ1n) is 32.0. The summed E-state index contributed by atoms with van der Waals surface area (Å²) >= 11 is 0. The van der Waals surface area contributed by atoms with Crippen molar-refractivity contribution in [1.82, 2.24) is 4.57 Å². The lowest BCUT2D eigenvalue weighted by atomic mass is 9.70. The van der Waals surface area contributed by atoms with E-state index in [0.717, 1.165) is 23.5 Å². The maximum atomic E-state index is 2.55. The zero-order valence-electron chi connectivity index (χ0n) is 49.6. The van der Waals surface area contributed by atoms with Crippen LogP contribution in [0.3, 0.4) is 0 Å². The second-order valence-electron chi connectivity index (χ2n) is 24.7. The van der Waals surface area contributed by atoms with E-state index in [2.05, 4.69) is 295 Å². The minimum Gasteiger partial charge on any atom is -0.310 e. The van der Waals surface area contributed by atoms with Gasteiger partial charge in [0.1, 0.15) is 0 Å². The van der Waals surface area contributed by atoms with Gasteiger partial charge in [0, 0.05) is 33.4 Å². The molecule has 1 spiro atoms. The predicted octanol–water partition coefficient (Wildman–Crippen LogP) is 23.4. The van der Waals surface area contributed by atoms with Crippen molar-refractivity contribution in [2.24, 2.45) is 0 Å². The molecule has 2 nitrogen and oxygen atoms in total. The van der Waals surface area contributed by atoms with Gasteiger partial charge in [-0.25, -0.2) is 0 Å². The largest absolute Gasteiger partial charge is 0.310 e. The first kappa shape index (κ1) is 52.8. The Bertz CT molecular complexity index is 4610. The molecule has 3 aliphatic carbocycles. The van der Waals surface area contributed by atoms with Crippen LogP contribution in [0.2, 0.25) is 0 Å². The maximum absolute atomic E-state index is 2.55. The number of aromatic nitrogens is 1. The van der Waals surface area contributed by atoms with E-state index >= 15 is 0 Å². The molecule has 420 valence electrons. The fourth-order valence-corrected chi connectivity index (χ4v) is 15.5. The van der Waals surface area contributed by atoms with Gasteiger partial charge in [-0.2, -0.15) is 0 Å². The number of para-hydroxylation sites is 1. The second-order valence-corrected chi connectivity index (χ2v) is 24.7. The first-order valence-corrected chi connectivity index (χ1v) is 32.0. The highest BCUT2D eigenvalue weighted by Gasteiger charge is 2.51. The molecular weight excluding hydrogens is 1050 g/mol. The molecule has 1 saturated carbocycles. The van der Waals surface area contributed by atoms with E-state index in [0.29, 0.717) is 5.92 Å². The first-order chi connectivity index (χ1) is 43.1. The third kappa shape index (κ3) is 9.07. The topological polar surface area (TPSA) is 8.17 Å². The predicted molar refractivity (Wildman–Crippen MR) is 367 cm³/mol. The molecule has 87 heavy (non-hydrogen) atoms. The Morgan fingerprint density at radius 3 is 1.46 bits per heavy atom. The van der Waals surface area contributed by atoms with Gasteiger partial charge < -0.3 is 9.47 Å². The SMILES string of the molecule is CCCCCCc1ccc2c(c1)c1cc(C3CCCCC3)ccc1n2-c1ccc(-c2ccc(-c3ccc(N(c4ccc5c(c4)C4(c6ccccc6-c6ccccc64)c4ccccc4-5)c4ccccc4-c4ccc(-c5ccccc5)cc4)cc3)cc2)cc1. The summed E-state index contributed by atoms with van der Waals surface area (Å²) in [6, 6.07) is 106. The summed E-state index contributed by atoms with van der Waals surface area (Å²) in [5, 5.41) is 2.78. The number of rotatable bonds is 14. The summed E-state index contributed by atoms with van der Waals surface area (Å²) < 4.78 is 2.50. The molecule has 0 aliphatic heterocycles. The zero-order chi connectivity index (χ0) is 57.8. The smallest absolute Gasteiger partial charge is 0.0726 e. The van der Waals surface area contributed by atoms with E-state index in [1.165, 1.54) is 185 Å². The highest BCUT2D eigenvalue weighted by Crippen LogP contribution is 2.63. The van der Waals surface area contributed by atoms with Crippen LogP contribution in [0.15, 0.2) is 279 Å². The molecule has 0 N–H and O–H groups in total. The van der Waals surface area contributed by atoms with Crippen molar-refractivity contribution < 1.29 is 0 Å². The van der Waals surface area contributed by atoms with Crippen LogP contribution in [-0.4, -0.2) is 4.57 Å². The van der Waals surface area contributed by atoms with Crippen molar-refractivity contribution in [3.8, 4) is 72.4 Å². The molecule has 12 aromatic carbocycles. The normalized spacial score (nSPS) is 13.9. The summed E-state index contributed by atoms with van der Waals surface area (Å²) in [5.74, 6) is 0.669. The molecule has 0 saturated heterocycles. The molecule has 1 aromatic heterocycles. The second kappa shape index (κ2) is 22.3. The van der Waals surface area contributed by atoms with Crippen LogP contribution >= 0.6 is 0 Å². The summed E-state index contributed by atoms with van der Waals surface area (Å²) in [5.41, 5.74) is 29.7. The van der Waals surface area contributed by atoms with Crippen LogP contribution in [0, 0.1) is 0 Å². The van der Waals surface area contributed by atoms with E-state index in [1.54, 1.807) is 0 Å². The van der Waals surface area contributed by atoms with Crippen LogP contribution in [-0.2, 0) is 11.8 Å². The van der Waals surface area contributed by atoms with Crippen LogP contribution in [0.4, 0.5) is 17.1 Å². The van der Waals surface area contributed by atoms with Crippen molar-refractivity contribution in [1.29, 1.82) is 0 Å². The molecule has 0 amide bonds. The summed E-state index contributed by atoms with van der Waals surface area (Å²) in [4.78, 5) is 2.49. The Balaban J connectivity index is 0.746. The van der Waals surface area contributed by atoms with E-state index < -0.39 is 5.41 Å². The summed E-state index contributed by atoms with van der Waals surface area (Å²) in [7, 11) is 0. The lowest BCUT2D eigenvalue weighted by Gasteiger charge is -2.32. The molecule has 0 unspecified atom stereocenters. The van der Waals surface area contributed by atoms with Gasteiger partial charge in [0.25, 0.3) is 0 Å². The van der Waals surface area contributed by atoms with Gasteiger partial charge in [0.05, 0.1) is 22.1 Å². The van der Waals surface area contributed by atoms with Gasteiger partial charge in [-0.15, -0.1) is 0 Å². The van der Waals surface area contributed by atoms with Crippen molar-refractivity contribution in [2.75, 3.05) is 4.90 Å². The third-order valence-electron chi connectivity index (χ3n) is 19.7. The van der Waals surface area contributed by atoms with Crippen LogP contribution < -0.4 is 4.90 Å². The molecule has 3 aliphatic rings. The van der Waals surface area contributed by atoms with E-state index in [9.17, 15) is 0 Å². The maximum Gasteiger partial charge on any atom is 0.0726 e. The van der Waals surface area contributed by atoms with Crippen LogP contribution in [0.5, 0.6) is 0 Å². The Morgan fingerprint density at radius 2 is 0.851 bits per heavy atom. The monoisotopic (exact) mass is 1120 g/mol. The molecule has 1 fully saturated rings. The standard InChI is InChI=1S/C85H70N2/c1-2-3-4-7-20-58-33-53-83-76(55-58)77-56-67(60-23-10-6-11-24-60)46-54-84(77)87(83)69-49-44-65(45-50-69)63-36-34-62(35-37-63)64-42-47-68(48-43-64)86(82-32-19-15-25-71(82)66-40-38-61(39-41-66)59-21-8-5-9-22-59)70-51-52-75-74-28-14-18-31-80(74)85(81(75)57-70)78-29-16-12-26-72(78)73-27-13-17-30-79(73)85/h5,8-9,12-19,21-22,25-57,60H,2-4,6-7,10-11,20,23-24H2,1H3. The van der Waals surface area contributed by atoms with E-state index in [1.807, 2.05) is 0 Å². The lowest BCUT2D eigenvalue weighted by molar-refractivity contribution is 0.444. The molecule has 16 rings (SSSR count). The quantitative estimate of drug-likeness (QED) is 0.0985. The number of anilines is 3. The number of hydrogen-bond acceptors (Lipinski definition) is 1. The number of fused-ring (bicyclic) bond motifs is 13. The number of hydrogen-bond donors (Lipinski definition) is 0. The van der Waals surface area contributed by atoms with Crippen molar-refractivity contribution in [2.45, 2.75) is 82.5 Å². The Morgan fingerprint density at radius 1 is 0.368 bits per heavy atom. The minimum absolute atomic E-state index is 0.464. The van der Waals surface area contributed by atoms with Gasteiger partial charge in [-0.05, 0) is 193 Å². The number of benzene rings is 12. The van der Waals surface area contributed by atoms with E-state index in [4.69, 9.17) is 0 Å². The summed E-state index contributed by atoms with van der Waals surface area (Å²) in [6.45, 7) is 2.30. The van der Waals surface area contributed by atoms with Crippen molar-refractivity contribution in [3.05, 3.63) is 312 Å². The highest BCUT2D eigenvalue weighted by atomic mass is 15.1. The average molecular weight is 1120 g/mol. The van der Waals surface area contributed by atoms with E-state index in [-0.39, 0.29) is 0 Å². The zero-order valence-corrected chi connectivity index (χ0v) is 49.6. The van der Waals surface area contributed by atoms with Gasteiger partial charge in [-0.3, -0.25) is 0 Å². The van der Waals surface area contributed by atoms with Gasteiger partial charge in [0.15, 0.2) is 0 Å². The fraction of sp³-hybridized carbons (Fsp3) is 0.153. The fourth-order valence-electron chi connectivity index (χ4n) is 15.5. The Labute approximate surface area is 512 Å². The van der Waals surface area contributed by atoms with Crippen molar-refractivity contribution >= 4 is 38.9 Å². The molecule has 1 heterocycles.